The van der Waals surface area contributed by atoms with Gasteiger partial charge in [0.25, 0.3) is 5.91 Å². The molecule has 1 aliphatic carbocycles. The Morgan fingerprint density at radius 3 is 2.57 bits per heavy atom. The molecule has 1 atom stereocenters. The zero-order chi connectivity index (χ0) is 17.0. The molecule has 0 aromatic carbocycles. The van der Waals surface area contributed by atoms with Crippen LogP contribution in [0.4, 0.5) is 13.2 Å². The monoisotopic (exact) mass is 329 g/mol. The topological polar surface area (TPSA) is 38.1 Å². The Morgan fingerprint density at radius 1 is 1.43 bits per heavy atom. The van der Waals surface area contributed by atoms with Gasteiger partial charge in [-0.15, -0.1) is 0 Å². The lowest BCUT2D eigenvalue weighted by Crippen LogP contribution is -2.70. The van der Waals surface area contributed by atoms with Crippen LogP contribution in [-0.4, -0.2) is 39.4 Å². The Hall–Kier alpha value is -1.53. The lowest BCUT2D eigenvalue weighted by molar-refractivity contribution is -0.142. The van der Waals surface area contributed by atoms with E-state index < -0.39 is 12.7 Å². The van der Waals surface area contributed by atoms with Crippen LogP contribution in [0.2, 0.25) is 0 Å². The van der Waals surface area contributed by atoms with Crippen LogP contribution in [0.25, 0.3) is 0 Å². The molecule has 2 heterocycles. The predicted molar refractivity (Wildman–Crippen MR) is 79.0 cm³/mol. The number of hydrogen-bond acceptors (Lipinski definition) is 2. The van der Waals surface area contributed by atoms with Gasteiger partial charge in [-0.1, -0.05) is 20.3 Å². The van der Waals surface area contributed by atoms with Gasteiger partial charge in [0.2, 0.25) is 0 Å². The summed E-state index contributed by atoms with van der Waals surface area (Å²) in [4.78, 5) is 14.6. The molecule has 1 saturated carbocycles. The van der Waals surface area contributed by atoms with Gasteiger partial charge in [-0.25, -0.2) is 0 Å². The average Bonchev–Trinajstić information content (AvgIpc) is 2.63. The number of carbonyl (C=O) groups excluding carboxylic acids is 1. The molecule has 1 aromatic heterocycles. The molecule has 1 spiro atoms. The Labute approximate surface area is 133 Å². The van der Waals surface area contributed by atoms with Gasteiger partial charge in [-0.3, -0.25) is 9.48 Å². The fourth-order valence-electron chi connectivity index (χ4n) is 4.25. The van der Waals surface area contributed by atoms with E-state index in [-0.39, 0.29) is 22.9 Å². The maximum atomic E-state index is 12.8. The molecule has 0 N–H and O–H groups in total. The van der Waals surface area contributed by atoms with Gasteiger partial charge < -0.3 is 4.90 Å². The van der Waals surface area contributed by atoms with Crippen molar-refractivity contribution in [2.45, 2.75) is 58.8 Å². The van der Waals surface area contributed by atoms with Crippen LogP contribution in [0.5, 0.6) is 0 Å². The van der Waals surface area contributed by atoms with E-state index in [4.69, 9.17) is 0 Å². The van der Waals surface area contributed by atoms with Gasteiger partial charge in [0.15, 0.2) is 0 Å². The minimum Gasteiger partial charge on any atom is -0.334 e. The molecule has 1 amide bonds. The van der Waals surface area contributed by atoms with Crippen LogP contribution in [0.15, 0.2) is 6.20 Å². The Bertz CT molecular complexity index is 617. The summed E-state index contributed by atoms with van der Waals surface area (Å²) < 4.78 is 38.3. The van der Waals surface area contributed by atoms with E-state index in [1.165, 1.54) is 12.6 Å². The number of nitrogens with zero attached hydrogens (tertiary/aromatic N) is 3. The number of carbonyl (C=O) groups is 1. The van der Waals surface area contributed by atoms with E-state index in [0.29, 0.717) is 11.6 Å². The normalized spacial score (nSPS) is 23.1. The molecule has 0 bridgehead atoms. The molecule has 7 heteroatoms. The summed E-state index contributed by atoms with van der Waals surface area (Å²) in [5.74, 6) is 0.158. The van der Waals surface area contributed by atoms with E-state index in [2.05, 4.69) is 18.9 Å². The van der Waals surface area contributed by atoms with Crippen LogP contribution < -0.4 is 0 Å². The number of aryl methyl sites for hydroxylation is 1. The number of likely N-dealkylation sites (tertiary alicyclic amines) is 1. The Morgan fingerprint density at radius 2 is 2.09 bits per heavy atom. The Balaban J connectivity index is 1.78. The van der Waals surface area contributed by atoms with E-state index >= 15 is 0 Å². The molecule has 1 aromatic rings. The van der Waals surface area contributed by atoms with Crippen LogP contribution >= 0.6 is 0 Å². The quantitative estimate of drug-likeness (QED) is 0.852. The Kier molecular flexibility index (Phi) is 3.72. The second-order valence-electron chi connectivity index (χ2n) is 7.28. The van der Waals surface area contributed by atoms with Crippen LogP contribution in [0.1, 0.15) is 49.2 Å². The molecule has 23 heavy (non-hydrogen) atoms. The minimum absolute atomic E-state index is 0.188. The molecular formula is C16H22F3N3O. The third-order valence-electron chi connectivity index (χ3n) is 5.21. The smallest absolute Gasteiger partial charge is 0.334 e. The number of aromatic nitrogens is 2. The number of halogens is 3. The molecule has 2 fully saturated rings. The maximum absolute atomic E-state index is 12.8. The van der Waals surface area contributed by atoms with Crippen molar-refractivity contribution in [3.05, 3.63) is 17.5 Å². The van der Waals surface area contributed by atoms with E-state index in [1.54, 1.807) is 6.92 Å². The third kappa shape index (κ3) is 2.74. The highest BCUT2D eigenvalue weighted by atomic mass is 19.4. The third-order valence-corrected chi connectivity index (χ3v) is 5.21. The number of alkyl halides is 3. The summed E-state index contributed by atoms with van der Waals surface area (Å²) in [6.07, 6.45) is 0.381. The number of hydrogen-bond donors (Lipinski definition) is 0. The van der Waals surface area contributed by atoms with Crippen LogP contribution in [-0.2, 0) is 6.54 Å². The average molecular weight is 329 g/mol. The lowest BCUT2D eigenvalue weighted by atomic mass is 9.55. The highest BCUT2D eigenvalue weighted by molar-refractivity contribution is 5.96. The summed E-state index contributed by atoms with van der Waals surface area (Å²) in [5, 5.41) is 3.85. The highest BCUT2D eigenvalue weighted by Gasteiger charge is 2.58. The van der Waals surface area contributed by atoms with Gasteiger partial charge in [0.1, 0.15) is 6.54 Å². The van der Waals surface area contributed by atoms with Crippen molar-refractivity contribution in [1.29, 1.82) is 0 Å². The number of amides is 1. The van der Waals surface area contributed by atoms with Crippen LogP contribution in [0.3, 0.4) is 0 Å². The van der Waals surface area contributed by atoms with Gasteiger partial charge in [-0.2, -0.15) is 18.3 Å². The number of rotatable bonds is 3. The zero-order valence-electron chi connectivity index (χ0n) is 13.7. The molecule has 1 aliphatic heterocycles. The van der Waals surface area contributed by atoms with Crippen molar-refractivity contribution in [1.82, 2.24) is 14.7 Å². The van der Waals surface area contributed by atoms with E-state index in [1.807, 2.05) is 4.90 Å². The second-order valence-corrected chi connectivity index (χ2v) is 7.28. The van der Waals surface area contributed by atoms with Crippen molar-refractivity contribution < 1.29 is 18.0 Å². The van der Waals surface area contributed by atoms with Gasteiger partial charge in [0, 0.05) is 24.2 Å². The van der Waals surface area contributed by atoms with Crippen molar-refractivity contribution in [3.63, 3.8) is 0 Å². The maximum Gasteiger partial charge on any atom is 0.408 e. The zero-order valence-corrected chi connectivity index (χ0v) is 13.7. The van der Waals surface area contributed by atoms with Crippen molar-refractivity contribution in [2.75, 3.05) is 6.54 Å². The first kappa shape index (κ1) is 16.3. The summed E-state index contributed by atoms with van der Waals surface area (Å²) in [5.41, 5.74) is 0.894. The highest BCUT2D eigenvalue weighted by Crippen LogP contribution is 2.55. The molecule has 4 nitrogen and oxygen atoms in total. The first-order chi connectivity index (χ1) is 10.6. The summed E-state index contributed by atoms with van der Waals surface area (Å²) >= 11 is 0. The molecule has 128 valence electrons. The van der Waals surface area contributed by atoms with Crippen molar-refractivity contribution in [2.24, 2.45) is 11.3 Å². The van der Waals surface area contributed by atoms with Crippen molar-refractivity contribution >= 4 is 5.91 Å². The van der Waals surface area contributed by atoms with Crippen LogP contribution in [0, 0.1) is 18.3 Å². The molecule has 3 rings (SSSR count). The van der Waals surface area contributed by atoms with Gasteiger partial charge in [-0.05, 0) is 25.7 Å². The summed E-state index contributed by atoms with van der Waals surface area (Å²) in [7, 11) is 0. The van der Waals surface area contributed by atoms with E-state index in [9.17, 15) is 18.0 Å². The SMILES string of the molecule is Cc1nn(CC(F)(F)F)cc1C(=O)N1CC2(CCC2)C1C(C)C. The lowest BCUT2D eigenvalue weighted by Gasteiger charge is -2.64. The fraction of sp³-hybridized carbons (Fsp3) is 0.750. The molecular weight excluding hydrogens is 307 g/mol. The minimum atomic E-state index is -4.34. The largest absolute Gasteiger partial charge is 0.408 e. The first-order valence-electron chi connectivity index (χ1n) is 8.05. The second kappa shape index (κ2) is 5.24. The van der Waals surface area contributed by atoms with Gasteiger partial charge in [0.05, 0.1) is 11.3 Å². The fourth-order valence-corrected chi connectivity index (χ4v) is 4.25. The van der Waals surface area contributed by atoms with Crippen molar-refractivity contribution in [3.8, 4) is 0 Å². The summed E-state index contributed by atoms with van der Waals surface area (Å²) in [6.45, 7) is 5.34. The standard InChI is InChI=1S/C16H22F3N3O/c1-10(2)13-15(5-4-6-15)8-22(13)14(23)12-7-21(20-11(12)3)9-16(17,18)19/h7,10,13H,4-6,8-9H2,1-3H3. The molecule has 1 saturated heterocycles. The predicted octanol–water partition coefficient (Wildman–Crippen LogP) is 3.40. The summed E-state index contributed by atoms with van der Waals surface area (Å²) in [6, 6.07) is 0.189. The molecule has 0 radical (unpaired) electrons. The molecule has 2 aliphatic rings. The van der Waals surface area contributed by atoms with Gasteiger partial charge >= 0.3 is 6.18 Å². The first-order valence-corrected chi connectivity index (χ1v) is 8.05. The van der Waals surface area contributed by atoms with E-state index in [0.717, 1.165) is 24.1 Å². The molecule has 1 unspecified atom stereocenters.